The van der Waals surface area contributed by atoms with Crippen molar-refractivity contribution in [3.8, 4) is 5.75 Å². The van der Waals surface area contributed by atoms with Gasteiger partial charge in [-0.15, -0.1) is 0 Å². The van der Waals surface area contributed by atoms with E-state index in [2.05, 4.69) is 5.32 Å². The number of hydrogen-bond donors (Lipinski definition) is 1. The number of benzene rings is 3. The first-order valence-electron chi connectivity index (χ1n) is 13.3. The fourth-order valence-electron chi connectivity index (χ4n) is 4.29. The minimum Gasteiger partial charge on any atom is -0.497 e. The largest absolute Gasteiger partial charge is 0.497 e. The summed E-state index contributed by atoms with van der Waals surface area (Å²) >= 11 is 6.38. The molecule has 8 nitrogen and oxygen atoms in total. The molecule has 10 heteroatoms. The Morgan fingerprint density at radius 3 is 2.17 bits per heavy atom. The number of halogens is 1. The Labute approximate surface area is 248 Å². The molecule has 0 bridgehead atoms. The van der Waals surface area contributed by atoms with E-state index in [1.165, 1.54) is 23.1 Å². The Balaban J connectivity index is 2.08. The van der Waals surface area contributed by atoms with Crippen LogP contribution in [-0.4, -0.2) is 50.4 Å². The number of methoxy groups -OCH3 is 1. The van der Waals surface area contributed by atoms with E-state index < -0.39 is 34.1 Å². The molecule has 0 unspecified atom stereocenters. The van der Waals surface area contributed by atoms with Gasteiger partial charge in [0.2, 0.25) is 11.8 Å². The number of ether oxygens (including phenoxy) is 1. The number of rotatable bonds is 11. The number of nitrogens with zero attached hydrogens (tertiary/aromatic N) is 2. The van der Waals surface area contributed by atoms with Gasteiger partial charge >= 0.3 is 0 Å². The first-order chi connectivity index (χ1) is 19.3. The quantitative estimate of drug-likeness (QED) is 0.311. The second kappa shape index (κ2) is 13.4. The zero-order valence-electron chi connectivity index (χ0n) is 24.3. The van der Waals surface area contributed by atoms with Crippen molar-refractivity contribution >= 4 is 39.1 Å². The Bertz CT molecular complexity index is 1460. The molecule has 0 fully saturated rings. The molecule has 1 atom stereocenters. The molecule has 3 aromatic carbocycles. The minimum atomic E-state index is -4.17. The van der Waals surface area contributed by atoms with Crippen molar-refractivity contribution in [3.05, 3.63) is 88.9 Å². The van der Waals surface area contributed by atoms with E-state index in [9.17, 15) is 18.0 Å². The maximum absolute atomic E-state index is 14.1. The van der Waals surface area contributed by atoms with Gasteiger partial charge in [0, 0.05) is 17.1 Å². The molecule has 3 rings (SSSR count). The van der Waals surface area contributed by atoms with Crippen LogP contribution < -0.4 is 14.4 Å². The Morgan fingerprint density at radius 2 is 1.63 bits per heavy atom. The summed E-state index contributed by atoms with van der Waals surface area (Å²) in [4.78, 5) is 29.0. The average Bonchev–Trinajstić information content (AvgIpc) is 2.92. The molecule has 0 aliphatic heterocycles. The number of nitrogens with one attached hydrogen (secondary N) is 1. The lowest BCUT2D eigenvalue weighted by molar-refractivity contribution is -0.141. The lowest BCUT2D eigenvalue weighted by atomic mass is 10.1. The molecule has 0 radical (unpaired) electrons. The number of hydrogen-bond acceptors (Lipinski definition) is 5. The third-order valence-electron chi connectivity index (χ3n) is 6.45. The summed E-state index contributed by atoms with van der Waals surface area (Å²) < 4.78 is 34.1. The molecule has 2 amide bonds. The maximum atomic E-state index is 14.1. The molecule has 0 aromatic heterocycles. The number of carbonyl (C=O) groups is 2. The van der Waals surface area contributed by atoms with Crippen molar-refractivity contribution in [2.45, 2.75) is 64.1 Å². The summed E-state index contributed by atoms with van der Waals surface area (Å²) in [7, 11) is -2.60. The number of amides is 2. The summed E-state index contributed by atoms with van der Waals surface area (Å²) in [6, 6.07) is 19.1. The first-order valence-corrected chi connectivity index (χ1v) is 15.2. The third-order valence-corrected chi connectivity index (χ3v) is 8.64. The summed E-state index contributed by atoms with van der Waals surface area (Å²) in [6.45, 7) is 8.77. The predicted octanol–water partition coefficient (Wildman–Crippen LogP) is 5.57. The molecular formula is C31H38ClN3O5S. The highest BCUT2D eigenvalue weighted by atomic mass is 35.5. The summed E-state index contributed by atoms with van der Waals surface area (Å²) in [5, 5.41) is 3.33. The van der Waals surface area contributed by atoms with Crippen LogP contribution in [0.15, 0.2) is 77.7 Å². The van der Waals surface area contributed by atoms with E-state index in [1.54, 1.807) is 49.6 Å². The van der Waals surface area contributed by atoms with Gasteiger partial charge < -0.3 is 15.0 Å². The molecule has 220 valence electrons. The van der Waals surface area contributed by atoms with Gasteiger partial charge in [-0.2, -0.15) is 0 Å². The summed E-state index contributed by atoms with van der Waals surface area (Å²) in [5.74, 6) is -0.203. The number of carbonyl (C=O) groups excluding carboxylic acids is 2. The lowest BCUT2D eigenvalue weighted by Gasteiger charge is -2.34. The van der Waals surface area contributed by atoms with Crippen molar-refractivity contribution in [3.63, 3.8) is 0 Å². The zero-order chi connectivity index (χ0) is 30.4. The van der Waals surface area contributed by atoms with Crippen molar-refractivity contribution in [2.75, 3.05) is 18.0 Å². The number of anilines is 1. The smallest absolute Gasteiger partial charge is 0.264 e. The maximum Gasteiger partial charge on any atom is 0.264 e. The minimum absolute atomic E-state index is 0.0312. The second-order valence-corrected chi connectivity index (χ2v) is 13.1. The van der Waals surface area contributed by atoms with Crippen LogP contribution in [0.3, 0.4) is 0 Å². The van der Waals surface area contributed by atoms with Gasteiger partial charge in [0.1, 0.15) is 18.3 Å². The van der Waals surface area contributed by atoms with Gasteiger partial charge in [-0.3, -0.25) is 13.9 Å². The molecule has 3 aromatic rings. The summed E-state index contributed by atoms with van der Waals surface area (Å²) in [5.41, 5.74) is 1.25. The highest BCUT2D eigenvalue weighted by molar-refractivity contribution is 7.92. The topological polar surface area (TPSA) is 96.0 Å². The van der Waals surface area contributed by atoms with Gasteiger partial charge in [0.05, 0.1) is 17.7 Å². The number of sulfonamides is 1. The average molecular weight is 600 g/mol. The van der Waals surface area contributed by atoms with Crippen molar-refractivity contribution in [1.29, 1.82) is 0 Å². The molecular weight excluding hydrogens is 562 g/mol. The van der Waals surface area contributed by atoms with E-state index in [1.807, 2.05) is 46.8 Å². The van der Waals surface area contributed by atoms with E-state index in [0.29, 0.717) is 17.2 Å². The second-order valence-electron chi connectivity index (χ2n) is 10.8. The normalized spacial score (nSPS) is 12.4. The molecule has 0 saturated heterocycles. The summed E-state index contributed by atoms with van der Waals surface area (Å²) in [6.07, 6.45) is 0.325. The molecule has 0 spiro atoms. The van der Waals surface area contributed by atoms with E-state index in [-0.39, 0.29) is 23.0 Å². The van der Waals surface area contributed by atoms with Crippen molar-refractivity contribution < 1.29 is 22.7 Å². The van der Waals surface area contributed by atoms with Crippen molar-refractivity contribution in [1.82, 2.24) is 10.2 Å². The first kappa shape index (κ1) is 32.0. The fraction of sp³-hybridized carbons (Fsp3) is 0.355. The Hall–Kier alpha value is -3.56. The van der Waals surface area contributed by atoms with Gasteiger partial charge in [-0.25, -0.2) is 8.42 Å². The standard InChI is InChI=1S/C31H38ClN3O5S/c1-7-28(30(37)33-31(3,4)5)34(20-23-14-17-25(40-6)18-15-23)29(36)21-35(24-16-13-22(2)27(32)19-24)41(38,39)26-11-9-8-10-12-26/h8-19,28H,7,20-21H2,1-6H3,(H,33,37)/t28-/m1/s1. The van der Waals surface area contributed by atoms with E-state index in [4.69, 9.17) is 16.3 Å². The molecule has 0 aliphatic rings. The molecule has 0 heterocycles. The van der Waals surface area contributed by atoms with E-state index in [0.717, 1.165) is 15.4 Å². The van der Waals surface area contributed by atoms with Crippen LogP contribution in [0.4, 0.5) is 5.69 Å². The highest BCUT2D eigenvalue weighted by Crippen LogP contribution is 2.29. The molecule has 0 saturated carbocycles. The molecule has 0 aliphatic carbocycles. The predicted molar refractivity (Wildman–Crippen MR) is 163 cm³/mol. The van der Waals surface area contributed by atoms with Gasteiger partial charge in [-0.1, -0.05) is 54.9 Å². The van der Waals surface area contributed by atoms with Crippen LogP contribution in [0, 0.1) is 6.92 Å². The van der Waals surface area contributed by atoms with Gasteiger partial charge in [0.25, 0.3) is 10.0 Å². The fourth-order valence-corrected chi connectivity index (χ4v) is 5.89. The SMILES string of the molecule is CC[C@H](C(=O)NC(C)(C)C)N(Cc1ccc(OC)cc1)C(=O)CN(c1ccc(C)c(Cl)c1)S(=O)(=O)c1ccccc1. The Morgan fingerprint density at radius 1 is 1.00 bits per heavy atom. The molecule has 1 N–H and O–H groups in total. The lowest BCUT2D eigenvalue weighted by Crippen LogP contribution is -2.55. The van der Waals surface area contributed by atoms with Crippen LogP contribution in [0.1, 0.15) is 45.2 Å². The van der Waals surface area contributed by atoms with Crippen LogP contribution in [0.5, 0.6) is 5.75 Å². The zero-order valence-corrected chi connectivity index (χ0v) is 25.9. The number of aryl methyl sites for hydroxylation is 1. The van der Waals surface area contributed by atoms with Gasteiger partial charge in [-0.05, 0) is 81.6 Å². The molecule has 41 heavy (non-hydrogen) atoms. The highest BCUT2D eigenvalue weighted by Gasteiger charge is 2.34. The van der Waals surface area contributed by atoms with Crippen molar-refractivity contribution in [2.24, 2.45) is 0 Å². The Kier molecular flexibility index (Phi) is 10.4. The third kappa shape index (κ3) is 8.24. The van der Waals surface area contributed by atoms with E-state index >= 15 is 0 Å². The van der Waals surface area contributed by atoms with Crippen LogP contribution in [0.25, 0.3) is 0 Å². The monoisotopic (exact) mass is 599 g/mol. The van der Waals surface area contributed by atoms with Crippen LogP contribution >= 0.6 is 11.6 Å². The van der Waals surface area contributed by atoms with Crippen LogP contribution in [0.2, 0.25) is 5.02 Å². The van der Waals surface area contributed by atoms with Gasteiger partial charge in [0.15, 0.2) is 0 Å². The van der Waals surface area contributed by atoms with Crippen LogP contribution in [-0.2, 0) is 26.2 Å².